The number of piperidine rings is 1. The van der Waals surface area contributed by atoms with Gasteiger partial charge in [-0.2, -0.15) is 0 Å². The number of nitrogens with one attached hydrogen (secondary N) is 2. The number of aryl methyl sites for hydroxylation is 1. The largest absolute Gasteiger partial charge is 0.357 e. The summed E-state index contributed by atoms with van der Waals surface area (Å²) in [5.41, 5.74) is 0.716. The highest BCUT2D eigenvalue weighted by molar-refractivity contribution is 6.05. The summed E-state index contributed by atoms with van der Waals surface area (Å²) in [4.78, 5) is 45.7. The van der Waals surface area contributed by atoms with Crippen molar-refractivity contribution in [2.45, 2.75) is 32.7 Å². The van der Waals surface area contributed by atoms with Gasteiger partial charge in [0.15, 0.2) is 0 Å². The fourth-order valence-corrected chi connectivity index (χ4v) is 3.71. The Morgan fingerprint density at radius 2 is 1.93 bits per heavy atom. The van der Waals surface area contributed by atoms with Crippen molar-refractivity contribution in [2.24, 2.45) is 0 Å². The van der Waals surface area contributed by atoms with Crippen molar-refractivity contribution < 1.29 is 4.79 Å². The molecule has 0 radical (unpaired) electrons. The number of carbonyl (C=O) groups is 1. The van der Waals surface area contributed by atoms with E-state index in [0.29, 0.717) is 28.8 Å². The van der Waals surface area contributed by atoms with Gasteiger partial charge in [-0.15, -0.1) is 0 Å². The van der Waals surface area contributed by atoms with E-state index in [0.717, 1.165) is 18.9 Å². The van der Waals surface area contributed by atoms with Crippen LogP contribution in [0.3, 0.4) is 0 Å². The predicted molar refractivity (Wildman–Crippen MR) is 113 cm³/mol. The molecule has 1 fully saturated rings. The molecule has 4 rings (SSSR count). The summed E-state index contributed by atoms with van der Waals surface area (Å²) in [6.45, 7) is 4.19. The molecule has 0 unspecified atom stereocenters. The van der Waals surface area contributed by atoms with Gasteiger partial charge in [0, 0.05) is 25.2 Å². The highest BCUT2D eigenvalue weighted by Gasteiger charge is 2.13. The van der Waals surface area contributed by atoms with Crippen LogP contribution in [-0.4, -0.2) is 33.5 Å². The average molecular weight is 393 g/mol. The Morgan fingerprint density at radius 1 is 1.14 bits per heavy atom. The fraction of sp³-hybridized carbons (Fsp3) is 0.333. The van der Waals surface area contributed by atoms with Gasteiger partial charge < -0.3 is 19.8 Å². The molecular weight excluding hydrogens is 370 g/mol. The quantitative estimate of drug-likeness (QED) is 0.663. The summed E-state index contributed by atoms with van der Waals surface area (Å²) in [5, 5.41) is 2.83. The molecule has 1 aliphatic heterocycles. The number of pyridine rings is 1. The molecule has 0 bridgehead atoms. The minimum Gasteiger partial charge on any atom is -0.357 e. The van der Waals surface area contributed by atoms with Crippen LogP contribution in [-0.2, 0) is 6.54 Å². The third-order valence-electron chi connectivity index (χ3n) is 5.24. The van der Waals surface area contributed by atoms with E-state index in [1.54, 1.807) is 31.3 Å². The lowest BCUT2D eigenvalue weighted by atomic mass is 10.1. The average Bonchev–Trinajstić information content (AvgIpc) is 2.75. The highest BCUT2D eigenvalue weighted by atomic mass is 16.2. The van der Waals surface area contributed by atoms with Crippen molar-refractivity contribution in [3.05, 3.63) is 62.8 Å². The van der Waals surface area contributed by atoms with Crippen molar-refractivity contribution in [3.8, 4) is 0 Å². The first-order chi connectivity index (χ1) is 14.1. The molecule has 2 aromatic heterocycles. The van der Waals surface area contributed by atoms with Crippen LogP contribution in [0, 0.1) is 0 Å². The maximum absolute atomic E-state index is 12.6. The number of rotatable bonds is 4. The molecule has 3 aromatic rings. The number of H-pyrrole nitrogens is 1. The van der Waals surface area contributed by atoms with E-state index in [1.165, 1.54) is 23.8 Å². The highest BCUT2D eigenvalue weighted by Crippen LogP contribution is 2.19. The number of hydrogen-bond donors (Lipinski definition) is 2. The van der Waals surface area contributed by atoms with Crippen LogP contribution in [0.1, 0.15) is 36.5 Å². The number of nitrogens with zero attached hydrogens (tertiary/aromatic N) is 3. The van der Waals surface area contributed by atoms with Gasteiger partial charge in [0.25, 0.3) is 5.91 Å². The smallest absolute Gasteiger partial charge is 0.316 e. The van der Waals surface area contributed by atoms with E-state index in [-0.39, 0.29) is 5.91 Å². The molecule has 1 aliphatic rings. The Bertz CT molecular complexity index is 1160. The summed E-state index contributed by atoms with van der Waals surface area (Å²) < 4.78 is 1.39. The molecule has 0 aliphatic carbocycles. The SMILES string of the molecule is CCn1c(=O)c(=O)[nH]c2cc(C(=O)Nc3ccc(N4CCCCC4)nc3)ccc21. The zero-order chi connectivity index (χ0) is 20.4. The summed E-state index contributed by atoms with van der Waals surface area (Å²) in [7, 11) is 0. The number of fused-ring (bicyclic) bond motifs is 1. The van der Waals surface area contributed by atoms with E-state index in [1.807, 2.05) is 12.1 Å². The van der Waals surface area contributed by atoms with Crippen molar-refractivity contribution in [1.29, 1.82) is 0 Å². The Kier molecular flexibility index (Phi) is 5.16. The van der Waals surface area contributed by atoms with Crippen LogP contribution in [0.15, 0.2) is 46.1 Å². The van der Waals surface area contributed by atoms with Crippen LogP contribution in [0.4, 0.5) is 11.5 Å². The topological polar surface area (TPSA) is 100 Å². The molecule has 3 heterocycles. The van der Waals surface area contributed by atoms with Gasteiger partial charge in [0.2, 0.25) is 0 Å². The Balaban J connectivity index is 1.55. The van der Waals surface area contributed by atoms with Gasteiger partial charge in [-0.3, -0.25) is 14.4 Å². The number of benzene rings is 1. The molecule has 1 aromatic carbocycles. The first-order valence-electron chi connectivity index (χ1n) is 9.86. The second-order valence-electron chi connectivity index (χ2n) is 7.14. The predicted octanol–water partition coefficient (Wildman–Crippen LogP) is 2.35. The number of anilines is 2. The Morgan fingerprint density at radius 3 is 2.62 bits per heavy atom. The molecule has 1 saturated heterocycles. The lowest BCUT2D eigenvalue weighted by Crippen LogP contribution is -2.36. The lowest BCUT2D eigenvalue weighted by Gasteiger charge is -2.27. The molecule has 150 valence electrons. The second-order valence-corrected chi connectivity index (χ2v) is 7.14. The molecule has 0 atom stereocenters. The molecule has 8 nitrogen and oxygen atoms in total. The molecule has 2 N–H and O–H groups in total. The second kappa shape index (κ2) is 7.90. The summed E-state index contributed by atoms with van der Waals surface area (Å²) in [6, 6.07) is 8.64. The Labute approximate surface area is 167 Å². The fourth-order valence-electron chi connectivity index (χ4n) is 3.71. The van der Waals surface area contributed by atoms with E-state index >= 15 is 0 Å². The Hall–Kier alpha value is -3.42. The van der Waals surface area contributed by atoms with E-state index in [2.05, 4.69) is 20.2 Å². The van der Waals surface area contributed by atoms with Gasteiger partial charge in [0.1, 0.15) is 5.82 Å². The molecule has 8 heteroatoms. The number of hydrogen-bond acceptors (Lipinski definition) is 5. The van der Waals surface area contributed by atoms with E-state index < -0.39 is 11.1 Å². The minimum absolute atomic E-state index is 0.311. The summed E-state index contributed by atoms with van der Waals surface area (Å²) in [5.74, 6) is 0.609. The number of amides is 1. The summed E-state index contributed by atoms with van der Waals surface area (Å²) >= 11 is 0. The molecule has 0 spiro atoms. The third-order valence-corrected chi connectivity index (χ3v) is 5.24. The zero-order valence-electron chi connectivity index (χ0n) is 16.3. The molecule has 0 saturated carbocycles. The molecular formula is C21H23N5O3. The lowest BCUT2D eigenvalue weighted by molar-refractivity contribution is 0.102. The summed E-state index contributed by atoms with van der Waals surface area (Å²) in [6.07, 6.45) is 5.27. The standard InChI is InChI=1S/C21H23N5O3/c1-2-26-17-8-6-14(12-16(17)24-20(28)21(26)29)19(27)23-15-7-9-18(22-13-15)25-10-4-3-5-11-25/h6-9,12-13H,2-5,10-11H2,1H3,(H,23,27)(H,24,28). The van der Waals surface area contributed by atoms with Crippen LogP contribution in [0.2, 0.25) is 0 Å². The normalized spacial score (nSPS) is 14.2. The van der Waals surface area contributed by atoms with E-state index in [4.69, 9.17) is 0 Å². The molecule has 29 heavy (non-hydrogen) atoms. The van der Waals surface area contributed by atoms with Crippen molar-refractivity contribution in [2.75, 3.05) is 23.3 Å². The maximum Gasteiger partial charge on any atom is 0.316 e. The molecule has 1 amide bonds. The first kappa shape index (κ1) is 18.9. The number of aromatic amines is 1. The van der Waals surface area contributed by atoms with Crippen LogP contribution >= 0.6 is 0 Å². The number of aromatic nitrogens is 3. The van der Waals surface area contributed by atoms with Crippen molar-refractivity contribution in [1.82, 2.24) is 14.5 Å². The first-order valence-corrected chi connectivity index (χ1v) is 9.86. The van der Waals surface area contributed by atoms with Gasteiger partial charge >= 0.3 is 11.1 Å². The monoisotopic (exact) mass is 393 g/mol. The van der Waals surface area contributed by atoms with Gasteiger partial charge in [0.05, 0.1) is 22.9 Å². The number of carbonyl (C=O) groups excluding carboxylic acids is 1. The van der Waals surface area contributed by atoms with Crippen molar-refractivity contribution >= 4 is 28.4 Å². The van der Waals surface area contributed by atoms with Gasteiger partial charge in [-0.1, -0.05) is 0 Å². The van der Waals surface area contributed by atoms with E-state index in [9.17, 15) is 14.4 Å². The van der Waals surface area contributed by atoms with Crippen LogP contribution in [0.25, 0.3) is 11.0 Å². The zero-order valence-corrected chi connectivity index (χ0v) is 16.3. The maximum atomic E-state index is 12.6. The third kappa shape index (κ3) is 3.78. The van der Waals surface area contributed by atoms with Crippen LogP contribution < -0.4 is 21.3 Å². The van der Waals surface area contributed by atoms with Gasteiger partial charge in [-0.05, 0) is 56.5 Å². The minimum atomic E-state index is -0.700. The van der Waals surface area contributed by atoms with Crippen LogP contribution in [0.5, 0.6) is 0 Å². The van der Waals surface area contributed by atoms with Gasteiger partial charge in [-0.25, -0.2) is 4.98 Å². The van der Waals surface area contributed by atoms with Crippen molar-refractivity contribution in [3.63, 3.8) is 0 Å².